The number of nitrogens with zero attached hydrogens (tertiary/aromatic N) is 1. The van der Waals surface area contributed by atoms with E-state index in [0.717, 1.165) is 11.3 Å². The van der Waals surface area contributed by atoms with Crippen LogP contribution in [0.25, 0.3) is 22.3 Å². The Hall–Kier alpha value is -2.54. The molecule has 0 unspecified atom stereocenters. The van der Waals surface area contributed by atoms with E-state index in [1.807, 2.05) is 30.3 Å². The van der Waals surface area contributed by atoms with Crippen molar-refractivity contribution in [1.82, 2.24) is 0 Å². The maximum atomic E-state index is 4.60. The standard InChI is InChI=1S/C19H13NS/c21-14-20-19-12-10-18(11-13-19)17-8-6-16(7-9-17)15-4-2-1-3-5-15/h1-13H. The molecule has 3 aromatic rings. The lowest BCUT2D eigenvalue weighted by atomic mass is 10.0. The minimum Gasteiger partial charge on any atom is -0.195 e. The summed E-state index contributed by atoms with van der Waals surface area (Å²) in [5.74, 6) is 0. The Morgan fingerprint density at radius 3 is 1.48 bits per heavy atom. The maximum absolute atomic E-state index is 4.60. The van der Waals surface area contributed by atoms with Crippen LogP contribution in [-0.2, 0) is 0 Å². The first-order valence-corrected chi connectivity index (χ1v) is 7.11. The van der Waals surface area contributed by atoms with Crippen molar-refractivity contribution in [1.29, 1.82) is 0 Å². The van der Waals surface area contributed by atoms with Crippen LogP contribution < -0.4 is 0 Å². The van der Waals surface area contributed by atoms with E-state index in [4.69, 9.17) is 0 Å². The molecule has 0 saturated heterocycles. The van der Waals surface area contributed by atoms with Crippen LogP contribution in [0.3, 0.4) is 0 Å². The average Bonchev–Trinajstić information content (AvgIpc) is 2.57. The second kappa shape index (κ2) is 6.27. The zero-order valence-corrected chi connectivity index (χ0v) is 12.2. The van der Waals surface area contributed by atoms with Gasteiger partial charge in [0.05, 0.1) is 10.8 Å². The highest BCUT2D eigenvalue weighted by molar-refractivity contribution is 7.78. The Bertz CT molecular complexity index is 768. The minimum atomic E-state index is 0.828. The zero-order chi connectivity index (χ0) is 14.5. The van der Waals surface area contributed by atoms with Gasteiger partial charge in [0.15, 0.2) is 0 Å². The summed E-state index contributed by atoms with van der Waals surface area (Å²) < 4.78 is 0. The molecule has 0 aliphatic carbocycles. The van der Waals surface area contributed by atoms with Gasteiger partial charge < -0.3 is 0 Å². The SMILES string of the molecule is S=C=Nc1ccc(-c2ccc(-c3ccccc3)cc2)cc1. The summed E-state index contributed by atoms with van der Waals surface area (Å²) in [6.45, 7) is 0. The Morgan fingerprint density at radius 1 is 0.571 bits per heavy atom. The highest BCUT2D eigenvalue weighted by atomic mass is 32.1. The molecule has 3 aromatic carbocycles. The first-order chi connectivity index (χ1) is 10.4. The highest BCUT2D eigenvalue weighted by Crippen LogP contribution is 2.26. The van der Waals surface area contributed by atoms with Gasteiger partial charge in [0.2, 0.25) is 0 Å². The molecule has 2 heteroatoms. The van der Waals surface area contributed by atoms with Crippen LogP contribution in [0.4, 0.5) is 5.69 Å². The van der Waals surface area contributed by atoms with Crippen molar-refractivity contribution in [3.8, 4) is 22.3 Å². The number of aliphatic imine (C=N–C) groups is 1. The normalized spacial score (nSPS) is 9.90. The third-order valence-electron chi connectivity index (χ3n) is 3.37. The summed E-state index contributed by atoms with van der Waals surface area (Å²) in [5.41, 5.74) is 5.64. The summed E-state index contributed by atoms with van der Waals surface area (Å²) in [5, 5.41) is 2.38. The van der Waals surface area contributed by atoms with E-state index in [0.29, 0.717) is 0 Å². The van der Waals surface area contributed by atoms with E-state index in [2.05, 4.69) is 70.9 Å². The predicted octanol–water partition coefficient (Wildman–Crippen LogP) is 5.75. The number of rotatable bonds is 3. The molecule has 0 N–H and O–H groups in total. The fourth-order valence-electron chi connectivity index (χ4n) is 2.27. The Morgan fingerprint density at radius 2 is 1.00 bits per heavy atom. The van der Waals surface area contributed by atoms with Gasteiger partial charge in [-0.2, -0.15) is 4.99 Å². The van der Waals surface area contributed by atoms with E-state index in [1.165, 1.54) is 16.7 Å². The van der Waals surface area contributed by atoms with Gasteiger partial charge in [0, 0.05) is 0 Å². The summed E-state index contributed by atoms with van der Waals surface area (Å²) in [4.78, 5) is 3.96. The second-order valence-electron chi connectivity index (χ2n) is 4.69. The molecule has 100 valence electrons. The van der Waals surface area contributed by atoms with Gasteiger partial charge in [-0.3, -0.25) is 0 Å². The van der Waals surface area contributed by atoms with Gasteiger partial charge in [-0.25, -0.2) is 0 Å². The lowest BCUT2D eigenvalue weighted by molar-refractivity contribution is 1.53. The third-order valence-corrected chi connectivity index (χ3v) is 3.46. The molecule has 0 bridgehead atoms. The number of hydrogen-bond acceptors (Lipinski definition) is 2. The first-order valence-electron chi connectivity index (χ1n) is 6.70. The smallest absolute Gasteiger partial charge is 0.0739 e. The number of thiocarbonyl (C=S) groups is 1. The Kier molecular flexibility index (Phi) is 4.02. The first kappa shape index (κ1) is 13.4. The number of hydrogen-bond donors (Lipinski definition) is 0. The molecular formula is C19H13NS. The van der Waals surface area contributed by atoms with Crippen molar-refractivity contribution in [2.75, 3.05) is 0 Å². The molecule has 0 aliphatic rings. The molecule has 1 nitrogen and oxygen atoms in total. The molecule has 0 radical (unpaired) electrons. The van der Waals surface area contributed by atoms with Crippen LogP contribution in [0, 0.1) is 0 Å². The van der Waals surface area contributed by atoms with Crippen LogP contribution >= 0.6 is 12.2 Å². The van der Waals surface area contributed by atoms with Crippen molar-refractivity contribution in [2.45, 2.75) is 0 Å². The zero-order valence-electron chi connectivity index (χ0n) is 11.4. The largest absolute Gasteiger partial charge is 0.195 e. The maximum Gasteiger partial charge on any atom is 0.0739 e. The van der Waals surface area contributed by atoms with Crippen LogP contribution in [0.15, 0.2) is 83.9 Å². The molecular weight excluding hydrogens is 274 g/mol. The Labute approximate surface area is 129 Å². The Balaban J connectivity index is 1.88. The highest BCUT2D eigenvalue weighted by Gasteiger charge is 2.00. The fraction of sp³-hybridized carbons (Fsp3) is 0. The monoisotopic (exact) mass is 287 g/mol. The second-order valence-corrected chi connectivity index (χ2v) is 4.88. The predicted molar refractivity (Wildman–Crippen MR) is 92.0 cm³/mol. The molecule has 3 rings (SSSR count). The third kappa shape index (κ3) is 3.14. The van der Waals surface area contributed by atoms with Crippen LogP contribution in [0.5, 0.6) is 0 Å². The van der Waals surface area contributed by atoms with E-state index in [-0.39, 0.29) is 0 Å². The van der Waals surface area contributed by atoms with Crippen molar-refractivity contribution < 1.29 is 0 Å². The van der Waals surface area contributed by atoms with E-state index in [1.54, 1.807) is 0 Å². The quantitative estimate of drug-likeness (QED) is 0.441. The summed E-state index contributed by atoms with van der Waals surface area (Å²) in [6.07, 6.45) is 0. The van der Waals surface area contributed by atoms with Gasteiger partial charge in [0.1, 0.15) is 0 Å². The van der Waals surface area contributed by atoms with Gasteiger partial charge in [-0.1, -0.05) is 66.7 Å². The summed E-state index contributed by atoms with van der Waals surface area (Å²) >= 11 is 4.60. The van der Waals surface area contributed by atoms with Gasteiger partial charge in [-0.05, 0) is 46.6 Å². The van der Waals surface area contributed by atoms with E-state index in [9.17, 15) is 0 Å². The van der Waals surface area contributed by atoms with Gasteiger partial charge >= 0.3 is 0 Å². The van der Waals surface area contributed by atoms with Gasteiger partial charge in [0.25, 0.3) is 0 Å². The molecule has 0 fully saturated rings. The summed E-state index contributed by atoms with van der Waals surface area (Å²) in [7, 11) is 0. The topological polar surface area (TPSA) is 12.4 Å². The van der Waals surface area contributed by atoms with E-state index >= 15 is 0 Å². The van der Waals surface area contributed by atoms with Crippen LogP contribution in [0.1, 0.15) is 0 Å². The van der Waals surface area contributed by atoms with Crippen LogP contribution in [-0.4, -0.2) is 5.16 Å². The molecule has 0 heterocycles. The average molecular weight is 287 g/mol. The molecule has 21 heavy (non-hydrogen) atoms. The van der Waals surface area contributed by atoms with Crippen molar-refractivity contribution in [3.63, 3.8) is 0 Å². The number of isothiocyanates is 1. The molecule has 0 spiro atoms. The summed E-state index contributed by atoms with van der Waals surface area (Å²) in [6, 6.07) is 26.9. The van der Waals surface area contributed by atoms with Gasteiger partial charge in [-0.15, -0.1) is 0 Å². The van der Waals surface area contributed by atoms with Crippen LogP contribution in [0.2, 0.25) is 0 Å². The van der Waals surface area contributed by atoms with E-state index < -0.39 is 0 Å². The molecule has 0 aliphatic heterocycles. The van der Waals surface area contributed by atoms with Crippen molar-refractivity contribution in [3.05, 3.63) is 78.9 Å². The lowest BCUT2D eigenvalue weighted by Gasteiger charge is -2.05. The number of benzene rings is 3. The minimum absolute atomic E-state index is 0.828. The molecule has 0 aromatic heterocycles. The fourth-order valence-corrected chi connectivity index (χ4v) is 2.37. The van der Waals surface area contributed by atoms with Crippen molar-refractivity contribution in [2.24, 2.45) is 4.99 Å². The molecule has 0 atom stereocenters. The molecule has 0 saturated carbocycles. The lowest BCUT2D eigenvalue weighted by Crippen LogP contribution is -1.80. The van der Waals surface area contributed by atoms with Crippen molar-refractivity contribution >= 4 is 23.1 Å². The molecule has 0 amide bonds.